The van der Waals surface area contributed by atoms with Crippen LogP contribution >= 0.6 is 11.6 Å². The molecule has 0 aliphatic rings. The molecule has 0 heterocycles. The fourth-order valence-electron chi connectivity index (χ4n) is 1.92. The molecule has 18 heavy (non-hydrogen) atoms. The number of rotatable bonds is 2. The molecule has 3 heteroatoms. The quantitative estimate of drug-likeness (QED) is 0.873. The molecule has 2 aromatic carbocycles. The molecule has 0 bridgehead atoms. The van der Waals surface area contributed by atoms with Crippen molar-refractivity contribution in [3.05, 3.63) is 58.1 Å². The third kappa shape index (κ3) is 2.39. The standard InChI is InChI=1S/C15H13ClO2/c1-9-7-13(8-10(2)14(9)16)11-3-5-12(6-4-11)15(17)18/h3-8H,1-2H3,(H,17,18). The Kier molecular flexibility index (Phi) is 3.39. The monoisotopic (exact) mass is 260 g/mol. The van der Waals surface area contributed by atoms with E-state index >= 15 is 0 Å². The topological polar surface area (TPSA) is 37.3 Å². The van der Waals surface area contributed by atoms with Crippen molar-refractivity contribution in [3.63, 3.8) is 0 Å². The van der Waals surface area contributed by atoms with Gasteiger partial charge in [-0.1, -0.05) is 23.7 Å². The summed E-state index contributed by atoms with van der Waals surface area (Å²) in [6, 6.07) is 10.8. The van der Waals surface area contributed by atoms with E-state index in [9.17, 15) is 4.79 Å². The highest BCUT2D eigenvalue weighted by Crippen LogP contribution is 2.28. The van der Waals surface area contributed by atoms with Crippen LogP contribution in [0.2, 0.25) is 5.02 Å². The molecule has 0 aliphatic carbocycles. The van der Waals surface area contributed by atoms with E-state index in [-0.39, 0.29) is 0 Å². The van der Waals surface area contributed by atoms with Crippen molar-refractivity contribution in [3.8, 4) is 11.1 Å². The second-order valence-electron chi connectivity index (χ2n) is 4.31. The van der Waals surface area contributed by atoms with Crippen molar-refractivity contribution in [2.75, 3.05) is 0 Å². The van der Waals surface area contributed by atoms with E-state index in [1.165, 1.54) is 0 Å². The summed E-state index contributed by atoms with van der Waals surface area (Å²) < 4.78 is 0. The van der Waals surface area contributed by atoms with Gasteiger partial charge in [-0.3, -0.25) is 0 Å². The minimum absolute atomic E-state index is 0.293. The van der Waals surface area contributed by atoms with E-state index in [2.05, 4.69) is 0 Å². The van der Waals surface area contributed by atoms with Crippen LogP contribution in [-0.2, 0) is 0 Å². The summed E-state index contributed by atoms with van der Waals surface area (Å²) in [5.74, 6) is -0.912. The first-order valence-electron chi connectivity index (χ1n) is 5.59. The number of aromatic carboxylic acids is 1. The van der Waals surface area contributed by atoms with Crippen LogP contribution in [0.15, 0.2) is 36.4 Å². The van der Waals surface area contributed by atoms with E-state index in [0.29, 0.717) is 5.56 Å². The molecule has 0 unspecified atom stereocenters. The maximum atomic E-state index is 10.8. The van der Waals surface area contributed by atoms with Crippen molar-refractivity contribution in [1.82, 2.24) is 0 Å². The Labute approximate surface area is 111 Å². The van der Waals surface area contributed by atoms with Gasteiger partial charge in [0.1, 0.15) is 0 Å². The van der Waals surface area contributed by atoms with Crippen LogP contribution in [0.5, 0.6) is 0 Å². The number of benzene rings is 2. The maximum Gasteiger partial charge on any atom is 0.335 e. The van der Waals surface area contributed by atoms with Crippen LogP contribution in [0.4, 0.5) is 0 Å². The lowest BCUT2D eigenvalue weighted by atomic mass is 10.00. The lowest BCUT2D eigenvalue weighted by Crippen LogP contribution is -1.95. The van der Waals surface area contributed by atoms with Gasteiger partial charge in [0.15, 0.2) is 0 Å². The van der Waals surface area contributed by atoms with Crippen molar-refractivity contribution < 1.29 is 9.90 Å². The number of halogens is 1. The molecule has 0 atom stereocenters. The van der Waals surface area contributed by atoms with Crippen LogP contribution in [0.3, 0.4) is 0 Å². The molecule has 1 N–H and O–H groups in total. The fourth-order valence-corrected chi connectivity index (χ4v) is 2.03. The molecule has 0 aromatic heterocycles. The van der Waals surface area contributed by atoms with Gasteiger partial charge in [0, 0.05) is 5.02 Å². The van der Waals surface area contributed by atoms with Gasteiger partial charge in [0.05, 0.1) is 5.56 Å². The maximum absolute atomic E-state index is 10.8. The van der Waals surface area contributed by atoms with E-state index in [4.69, 9.17) is 16.7 Å². The van der Waals surface area contributed by atoms with E-state index in [0.717, 1.165) is 27.3 Å². The highest BCUT2D eigenvalue weighted by atomic mass is 35.5. The first kappa shape index (κ1) is 12.7. The van der Waals surface area contributed by atoms with Crippen LogP contribution in [0.25, 0.3) is 11.1 Å². The van der Waals surface area contributed by atoms with Crippen molar-refractivity contribution >= 4 is 17.6 Å². The molecule has 2 rings (SSSR count). The Bertz CT molecular complexity index is 577. The number of carbonyl (C=O) groups is 1. The summed E-state index contributed by atoms with van der Waals surface area (Å²) in [4.78, 5) is 10.8. The van der Waals surface area contributed by atoms with Crippen LogP contribution in [-0.4, -0.2) is 11.1 Å². The van der Waals surface area contributed by atoms with Crippen LogP contribution in [0.1, 0.15) is 21.5 Å². The van der Waals surface area contributed by atoms with Gasteiger partial charge in [-0.15, -0.1) is 0 Å². The second kappa shape index (κ2) is 4.83. The molecular formula is C15H13ClO2. The molecular weight excluding hydrogens is 248 g/mol. The SMILES string of the molecule is Cc1cc(-c2ccc(C(=O)O)cc2)cc(C)c1Cl. The molecule has 2 nitrogen and oxygen atoms in total. The first-order valence-corrected chi connectivity index (χ1v) is 5.97. The number of hydrogen-bond donors (Lipinski definition) is 1. The molecule has 0 radical (unpaired) electrons. The van der Waals surface area contributed by atoms with Gasteiger partial charge in [0.25, 0.3) is 0 Å². The zero-order chi connectivity index (χ0) is 13.3. The summed E-state index contributed by atoms with van der Waals surface area (Å²) >= 11 is 6.13. The number of aryl methyl sites for hydroxylation is 2. The summed E-state index contributed by atoms with van der Waals surface area (Å²) in [6.07, 6.45) is 0. The predicted molar refractivity (Wildman–Crippen MR) is 73.3 cm³/mol. The molecule has 0 spiro atoms. The van der Waals surface area contributed by atoms with Crippen LogP contribution in [0, 0.1) is 13.8 Å². The third-order valence-corrected chi connectivity index (χ3v) is 3.50. The normalized spacial score (nSPS) is 10.4. The van der Waals surface area contributed by atoms with Gasteiger partial charge in [-0.2, -0.15) is 0 Å². The summed E-state index contributed by atoms with van der Waals surface area (Å²) in [5, 5.41) is 9.63. The Morgan fingerprint density at radius 1 is 1.00 bits per heavy atom. The largest absolute Gasteiger partial charge is 0.478 e. The van der Waals surface area contributed by atoms with Gasteiger partial charge < -0.3 is 5.11 Å². The fraction of sp³-hybridized carbons (Fsp3) is 0.133. The zero-order valence-corrected chi connectivity index (χ0v) is 11.0. The molecule has 0 fully saturated rings. The number of carboxylic acid groups (broad SMARTS) is 1. The number of carboxylic acids is 1. The Morgan fingerprint density at radius 3 is 1.94 bits per heavy atom. The minimum Gasteiger partial charge on any atom is -0.478 e. The lowest BCUT2D eigenvalue weighted by Gasteiger charge is -2.08. The molecule has 0 aliphatic heterocycles. The molecule has 0 amide bonds. The molecule has 2 aromatic rings. The summed E-state index contributed by atoms with van der Waals surface area (Å²) in [6.45, 7) is 3.93. The molecule has 0 saturated carbocycles. The van der Waals surface area contributed by atoms with Gasteiger partial charge >= 0.3 is 5.97 Å². The number of hydrogen-bond acceptors (Lipinski definition) is 1. The van der Waals surface area contributed by atoms with Crippen molar-refractivity contribution in [2.45, 2.75) is 13.8 Å². The highest BCUT2D eigenvalue weighted by molar-refractivity contribution is 6.32. The average Bonchev–Trinajstić information content (AvgIpc) is 2.35. The van der Waals surface area contributed by atoms with E-state index < -0.39 is 5.97 Å². The summed E-state index contributed by atoms with van der Waals surface area (Å²) in [7, 11) is 0. The van der Waals surface area contributed by atoms with Gasteiger partial charge in [-0.25, -0.2) is 4.79 Å². The Morgan fingerprint density at radius 2 is 1.50 bits per heavy atom. The van der Waals surface area contributed by atoms with E-state index in [1.807, 2.05) is 38.1 Å². The first-order chi connectivity index (χ1) is 8.49. The highest BCUT2D eigenvalue weighted by Gasteiger charge is 2.06. The lowest BCUT2D eigenvalue weighted by molar-refractivity contribution is 0.0697. The van der Waals surface area contributed by atoms with Crippen LogP contribution < -0.4 is 0 Å². The van der Waals surface area contributed by atoms with Crippen molar-refractivity contribution in [1.29, 1.82) is 0 Å². The molecule has 0 saturated heterocycles. The Hall–Kier alpha value is -1.80. The van der Waals surface area contributed by atoms with Gasteiger partial charge in [-0.05, 0) is 60.4 Å². The predicted octanol–water partition coefficient (Wildman–Crippen LogP) is 4.32. The molecule has 92 valence electrons. The summed E-state index contributed by atoms with van der Waals surface area (Å²) in [5.41, 5.74) is 4.37. The second-order valence-corrected chi connectivity index (χ2v) is 4.68. The van der Waals surface area contributed by atoms with Crippen molar-refractivity contribution in [2.24, 2.45) is 0 Å². The average molecular weight is 261 g/mol. The Balaban J connectivity index is 2.46. The smallest absolute Gasteiger partial charge is 0.335 e. The van der Waals surface area contributed by atoms with Gasteiger partial charge in [0.2, 0.25) is 0 Å². The zero-order valence-electron chi connectivity index (χ0n) is 10.2. The minimum atomic E-state index is -0.912. The van der Waals surface area contributed by atoms with E-state index in [1.54, 1.807) is 12.1 Å². The third-order valence-electron chi connectivity index (χ3n) is 2.90.